The highest BCUT2D eigenvalue weighted by molar-refractivity contribution is 7.10. The summed E-state index contributed by atoms with van der Waals surface area (Å²) in [6.45, 7) is 7.44. The van der Waals surface area contributed by atoms with E-state index in [0.29, 0.717) is 19.5 Å². The van der Waals surface area contributed by atoms with Crippen molar-refractivity contribution in [2.75, 3.05) is 12.4 Å². The Bertz CT molecular complexity index is 473. The van der Waals surface area contributed by atoms with Crippen LogP contribution < -0.4 is 0 Å². The van der Waals surface area contributed by atoms with E-state index in [2.05, 4.69) is 32.8 Å². The van der Waals surface area contributed by atoms with Crippen LogP contribution in [0.3, 0.4) is 0 Å². The Morgan fingerprint density at radius 2 is 2.26 bits per heavy atom. The maximum absolute atomic E-state index is 12.0. The fourth-order valence-electron chi connectivity index (χ4n) is 1.95. The Hall–Kier alpha value is -0.980. The normalized spacial score (nSPS) is 11.1. The van der Waals surface area contributed by atoms with E-state index in [1.807, 2.05) is 5.38 Å². The molecule has 104 valence electrons. The topological polar surface area (TPSA) is 20.3 Å². The van der Waals surface area contributed by atoms with Crippen molar-refractivity contribution >= 4 is 28.8 Å². The molecular formula is C15H20ClNOS. The average Bonchev–Trinajstić information content (AvgIpc) is 2.73. The van der Waals surface area contributed by atoms with Gasteiger partial charge in [0.15, 0.2) is 0 Å². The Balaban J connectivity index is 2.82. The number of carbonyl (C=O) groups excluding carboxylic acids is 1. The van der Waals surface area contributed by atoms with Crippen LogP contribution in [0.25, 0.3) is 0 Å². The van der Waals surface area contributed by atoms with Crippen LogP contribution in [0.4, 0.5) is 0 Å². The second-order valence-corrected chi connectivity index (χ2v) is 6.82. The minimum absolute atomic E-state index is 0.00924. The third-order valence-electron chi connectivity index (χ3n) is 2.99. The summed E-state index contributed by atoms with van der Waals surface area (Å²) in [7, 11) is 0. The fraction of sp³-hybridized carbons (Fsp3) is 0.533. The SMILES string of the molecule is C#CCC(C)(C)CN(Cc1ccsc1C)C(=O)CCl. The summed E-state index contributed by atoms with van der Waals surface area (Å²) < 4.78 is 0. The van der Waals surface area contributed by atoms with E-state index in [9.17, 15) is 4.79 Å². The first-order valence-corrected chi connectivity index (χ1v) is 7.61. The first-order chi connectivity index (χ1) is 8.89. The first kappa shape index (κ1) is 16.1. The zero-order valence-corrected chi connectivity index (χ0v) is 13.3. The molecule has 0 aromatic carbocycles. The number of thiophene rings is 1. The van der Waals surface area contributed by atoms with Gasteiger partial charge in [0.25, 0.3) is 0 Å². The van der Waals surface area contributed by atoms with Gasteiger partial charge in [-0.15, -0.1) is 35.3 Å². The van der Waals surface area contributed by atoms with Crippen molar-refractivity contribution in [3.63, 3.8) is 0 Å². The van der Waals surface area contributed by atoms with E-state index >= 15 is 0 Å². The Morgan fingerprint density at radius 3 is 2.74 bits per heavy atom. The van der Waals surface area contributed by atoms with E-state index in [0.717, 1.165) is 0 Å². The molecule has 0 N–H and O–H groups in total. The molecule has 1 amide bonds. The first-order valence-electron chi connectivity index (χ1n) is 6.20. The molecule has 0 spiro atoms. The van der Waals surface area contributed by atoms with Gasteiger partial charge in [-0.2, -0.15) is 0 Å². The number of aryl methyl sites for hydroxylation is 1. The summed E-state index contributed by atoms with van der Waals surface area (Å²) in [5.41, 5.74) is 1.08. The van der Waals surface area contributed by atoms with Crippen molar-refractivity contribution in [2.24, 2.45) is 5.41 Å². The zero-order chi connectivity index (χ0) is 14.5. The van der Waals surface area contributed by atoms with Gasteiger partial charge in [-0.25, -0.2) is 0 Å². The highest BCUT2D eigenvalue weighted by Gasteiger charge is 2.24. The third kappa shape index (κ3) is 4.89. The van der Waals surface area contributed by atoms with Crippen LogP contribution in [0.2, 0.25) is 0 Å². The number of carbonyl (C=O) groups is 1. The lowest BCUT2D eigenvalue weighted by atomic mass is 9.89. The molecule has 0 aliphatic rings. The summed E-state index contributed by atoms with van der Waals surface area (Å²) in [5, 5.41) is 2.04. The molecule has 0 fully saturated rings. The maximum atomic E-state index is 12.0. The molecule has 1 rings (SSSR count). The number of hydrogen-bond acceptors (Lipinski definition) is 2. The number of amides is 1. The molecule has 0 atom stereocenters. The van der Waals surface area contributed by atoms with E-state index in [1.54, 1.807) is 16.2 Å². The van der Waals surface area contributed by atoms with Crippen LogP contribution >= 0.6 is 22.9 Å². The molecule has 4 heteroatoms. The molecule has 0 radical (unpaired) electrons. The summed E-state index contributed by atoms with van der Waals surface area (Å²) in [4.78, 5) is 15.0. The number of halogens is 1. The lowest BCUT2D eigenvalue weighted by Crippen LogP contribution is -2.39. The summed E-state index contributed by atoms with van der Waals surface area (Å²) >= 11 is 7.39. The van der Waals surface area contributed by atoms with Crippen LogP contribution in [0.15, 0.2) is 11.4 Å². The minimum Gasteiger partial charge on any atom is -0.337 e. The van der Waals surface area contributed by atoms with E-state index < -0.39 is 0 Å². The second-order valence-electron chi connectivity index (χ2n) is 5.43. The molecule has 1 aromatic heterocycles. The van der Waals surface area contributed by atoms with Crippen molar-refractivity contribution in [2.45, 2.75) is 33.7 Å². The summed E-state index contributed by atoms with van der Waals surface area (Å²) in [6.07, 6.45) is 6.02. The van der Waals surface area contributed by atoms with Gasteiger partial charge in [0, 0.05) is 24.4 Å². The van der Waals surface area contributed by atoms with Crippen molar-refractivity contribution in [3.05, 3.63) is 21.9 Å². The van der Waals surface area contributed by atoms with Crippen molar-refractivity contribution in [3.8, 4) is 12.3 Å². The van der Waals surface area contributed by atoms with E-state index in [1.165, 1.54) is 10.4 Å². The second kappa shape index (κ2) is 6.98. The maximum Gasteiger partial charge on any atom is 0.237 e. The molecular weight excluding hydrogens is 278 g/mol. The van der Waals surface area contributed by atoms with E-state index in [4.69, 9.17) is 18.0 Å². The van der Waals surface area contributed by atoms with Crippen molar-refractivity contribution in [1.82, 2.24) is 4.90 Å². The van der Waals surface area contributed by atoms with Gasteiger partial charge in [-0.1, -0.05) is 13.8 Å². The quantitative estimate of drug-likeness (QED) is 0.579. The number of nitrogens with zero attached hydrogens (tertiary/aromatic N) is 1. The van der Waals surface area contributed by atoms with Crippen LogP contribution in [0.1, 0.15) is 30.7 Å². The van der Waals surface area contributed by atoms with Gasteiger partial charge in [0.05, 0.1) is 0 Å². The number of rotatable bonds is 6. The molecule has 19 heavy (non-hydrogen) atoms. The van der Waals surface area contributed by atoms with Gasteiger partial charge in [-0.3, -0.25) is 4.79 Å². The Morgan fingerprint density at radius 1 is 1.58 bits per heavy atom. The predicted molar refractivity (Wildman–Crippen MR) is 82.4 cm³/mol. The highest BCUT2D eigenvalue weighted by atomic mass is 35.5. The van der Waals surface area contributed by atoms with Crippen molar-refractivity contribution in [1.29, 1.82) is 0 Å². The largest absolute Gasteiger partial charge is 0.337 e. The minimum atomic E-state index is -0.0968. The number of hydrogen-bond donors (Lipinski definition) is 0. The van der Waals surface area contributed by atoms with Crippen LogP contribution in [-0.2, 0) is 11.3 Å². The summed E-state index contributed by atoms with van der Waals surface area (Å²) in [6, 6.07) is 2.06. The zero-order valence-electron chi connectivity index (χ0n) is 11.7. The predicted octanol–water partition coefficient (Wildman–Crippen LogP) is 3.67. The van der Waals surface area contributed by atoms with Crippen LogP contribution in [-0.4, -0.2) is 23.2 Å². The lowest BCUT2D eigenvalue weighted by Gasteiger charge is -2.31. The monoisotopic (exact) mass is 297 g/mol. The smallest absolute Gasteiger partial charge is 0.237 e. The van der Waals surface area contributed by atoms with E-state index in [-0.39, 0.29) is 17.2 Å². The van der Waals surface area contributed by atoms with Gasteiger partial charge in [-0.05, 0) is 29.3 Å². The molecule has 0 aliphatic carbocycles. The standard InChI is InChI=1S/C15H20ClNOS/c1-5-7-15(3,4)11-17(14(18)9-16)10-13-6-8-19-12(13)2/h1,6,8H,7,9-11H2,2-4H3. The fourth-order valence-corrected chi connectivity index (χ4v) is 2.84. The number of alkyl halides is 1. The molecule has 0 saturated heterocycles. The van der Waals surface area contributed by atoms with Gasteiger partial charge < -0.3 is 4.90 Å². The van der Waals surface area contributed by atoms with Gasteiger partial charge in [0.1, 0.15) is 5.88 Å². The summed E-state index contributed by atoms with van der Waals surface area (Å²) in [5.74, 6) is 2.64. The third-order valence-corrected chi connectivity index (χ3v) is 4.11. The Labute approximate surface area is 124 Å². The molecule has 0 aliphatic heterocycles. The van der Waals surface area contributed by atoms with Crippen molar-refractivity contribution < 1.29 is 4.79 Å². The van der Waals surface area contributed by atoms with Gasteiger partial charge >= 0.3 is 0 Å². The molecule has 2 nitrogen and oxygen atoms in total. The average molecular weight is 298 g/mol. The van der Waals surface area contributed by atoms with Crippen LogP contribution in [0, 0.1) is 24.7 Å². The molecule has 1 heterocycles. The molecule has 0 saturated carbocycles. The van der Waals surface area contributed by atoms with Crippen LogP contribution in [0.5, 0.6) is 0 Å². The lowest BCUT2D eigenvalue weighted by molar-refractivity contribution is -0.130. The molecule has 1 aromatic rings. The molecule has 0 bridgehead atoms. The van der Waals surface area contributed by atoms with Gasteiger partial charge in [0.2, 0.25) is 5.91 Å². The number of terminal acetylenes is 1. The Kier molecular flexibility index (Phi) is 5.90. The molecule has 0 unspecified atom stereocenters. The highest BCUT2D eigenvalue weighted by Crippen LogP contribution is 2.24.